The highest BCUT2D eigenvalue weighted by Gasteiger charge is 2.18. The van der Waals surface area contributed by atoms with Crippen LogP contribution in [0.1, 0.15) is 72.6 Å². The van der Waals surface area contributed by atoms with E-state index in [2.05, 4.69) is 17.0 Å². The van der Waals surface area contributed by atoms with Crippen molar-refractivity contribution >= 4 is 23.8 Å². The van der Waals surface area contributed by atoms with E-state index in [1.165, 1.54) is 31.2 Å². The maximum absolute atomic E-state index is 11.9. The molecule has 1 atom stereocenters. The van der Waals surface area contributed by atoms with Gasteiger partial charge in [0.15, 0.2) is 0 Å². The zero-order valence-electron chi connectivity index (χ0n) is 13.8. The quantitative estimate of drug-likeness (QED) is 0.311. The molecule has 6 heteroatoms. The van der Waals surface area contributed by atoms with Crippen LogP contribution in [0.25, 0.3) is 0 Å². The summed E-state index contributed by atoms with van der Waals surface area (Å²) in [7, 11) is 0. The van der Waals surface area contributed by atoms with Gasteiger partial charge >= 0.3 is 0 Å². The molecule has 0 unspecified atom stereocenters. The molecule has 5 nitrogen and oxygen atoms in total. The number of nitrogens with two attached hydrogens (primary N) is 1. The van der Waals surface area contributed by atoms with Crippen LogP contribution in [0.15, 0.2) is 0 Å². The summed E-state index contributed by atoms with van der Waals surface area (Å²) in [5, 5.41) is 2.56. The number of carbonyl (C=O) groups excluding carboxylic acids is 2. The molecule has 0 aliphatic heterocycles. The fourth-order valence-electron chi connectivity index (χ4n) is 1.69. The van der Waals surface area contributed by atoms with Crippen LogP contribution in [-0.2, 0) is 9.59 Å². The van der Waals surface area contributed by atoms with E-state index in [-0.39, 0.29) is 23.2 Å². The second-order valence-corrected chi connectivity index (χ2v) is 7.37. The van der Waals surface area contributed by atoms with Crippen molar-refractivity contribution in [2.75, 3.05) is 0 Å². The first kappa shape index (κ1) is 20.2. The predicted molar refractivity (Wildman–Crippen MR) is 89.6 cm³/mol. The summed E-state index contributed by atoms with van der Waals surface area (Å²) < 4.78 is 3.21. The SMILES string of the molecule is CCCCCCCC(=O)N[C@H](CC(N)=O)SNC(C)(C)C. The average molecular weight is 317 g/mol. The molecular formula is C15H31N3O2S. The van der Waals surface area contributed by atoms with E-state index in [1.54, 1.807) is 0 Å². The zero-order valence-corrected chi connectivity index (χ0v) is 14.6. The number of hydrogen-bond donors (Lipinski definition) is 3. The normalized spacial score (nSPS) is 13.0. The van der Waals surface area contributed by atoms with Gasteiger partial charge in [0.2, 0.25) is 11.8 Å². The van der Waals surface area contributed by atoms with E-state index < -0.39 is 5.91 Å². The second-order valence-electron chi connectivity index (χ2n) is 6.36. The second kappa shape index (κ2) is 10.9. The molecule has 0 heterocycles. The average Bonchev–Trinajstić information content (AvgIpc) is 2.34. The Labute approximate surface area is 133 Å². The van der Waals surface area contributed by atoms with E-state index in [1.807, 2.05) is 20.8 Å². The Bertz CT molecular complexity index is 317. The number of carbonyl (C=O) groups is 2. The summed E-state index contributed by atoms with van der Waals surface area (Å²) in [6.45, 7) is 8.24. The van der Waals surface area contributed by atoms with Crippen molar-refractivity contribution in [1.82, 2.24) is 10.0 Å². The molecule has 0 saturated heterocycles. The van der Waals surface area contributed by atoms with Crippen LogP contribution >= 0.6 is 11.9 Å². The van der Waals surface area contributed by atoms with Gasteiger partial charge in [-0.2, -0.15) is 0 Å². The Balaban J connectivity index is 4.08. The number of amides is 2. The molecule has 0 aliphatic rings. The highest BCUT2D eigenvalue weighted by molar-refractivity contribution is 7.98. The van der Waals surface area contributed by atoms with Gasteiger partial charge in [-0.25, -0.2) is 0 Å². The minimum atomic E-state index is -0.411. The van der Waals surface area contributed by atoms with E-state index in [0.717, 1.165) is 12.8 Å². The van der Waals surface area contributed by atoms with Crippen LogP contribution in [0.2, 0.25) is 0 Å². The number of hydrogen-bond acceptors (Lipinski definition) is 4. The minimum Gasteiger partial charge on any atom is -0.370 e. The summed E-state index contributed by atoms with van der Waals surface area (Å²) in [6, 6.07) is 0. The molecule has 0 bridgehead atoms. The molecule has 0 saturated carbocycles. The van der Waals surface area contributed by atoms with Crippen LogP contribution in [0, 0.1) is 0 Å². The maximum Gasteiger partial charge on any atom is 0.220 e. The molecule has 0 aromatic carbocycles. The Morgan fingerprint density at radius 3 is 2.29 bits per heavy atom. The smallest absolute Gasteiger partial charge is 0.220 e. The van der Waals surface area contributed by atoms with Gasteiger partial charge in [0.1, 0.15) is 0 Å². The van der Waals surface area contributed by atoms with Gasteiger partial charge in [-0.15, -0.1) is 0 Å². The highest BCUT2D eigenvalue weighted by atomic mass is 32.2. The first-order valence-corrected chi connectivity index (χ1v) is 8.63. The monoisotopic (exact) mass is 317 g/mol. The molecule has 0 radical (unpaired) electrons. The number of nitrogens with one attached hydrogen (secondary N) is 2. The lowest BCUT2D eigenvalue weighted by Gasteiger charge is -2.24. The highest BCUT2D eigenvalue weighted by Crippen LogP contribution is 2.14. The fraction of sp³-hybridized carbons (Fsp3) is 0.867. The lowest BCUT2D eigenvalue weighted by atomic mass is 10.1. The third-order valence-corrected chi connectivity index (χ3v) is 4.02. The number of primary amides is 1. The molecule has 21 heavy (non-hydrogen) atoms. The van der Waals surface area contributed by atoms with Gasteiger partial charge in [0.25, 0.3) is 0 Å². The molecule has 0 aliphatic carbocycles. The van der Waals surface area contributed by atoms with Gasteiger partial charge in [-0.3, -0.25) is 14.3 Å². The van der Waals surface area contributed by atoms with E-state index >= 15 is 0 Å². The molecule has 2 amide bonds. The Kier molecular flexibility index (Phi) is 10.5. The van der Waals surface area contributed by atoms with Gasteiger partial charge in [-0.1, -0.05) is 44.6 Å². The molecule has 0 rings (SSSR count). The van der Waals surface area contributed by atoms with Crippen LogP contribution in [0.3, 0.4) is 0 Å². The Morgan fingerprint density at radius 1 is 1.14 bits per heavy atom. The van der Waals surface area contributed by atoms with Crippen molar-refractivity contribution in [3.05, 3.63) is 0 Å². The first-order chi connectivity index (χ1) is 9.74. The molecular weight excluding hydrogens is 286 g/mol. The lowest BCUT2D eigenvalue weighted by molar-refractivity contribution is -0.121. The number of rotatable bonds is 11. The molecule has 4 N–H and O–H groups in total. The van der Waals surface area contributed by atoms with E-state index in [4.69, 9.17) is 5.73 Å². The summed E-state index contributed by atoms with van der Waals surface area (Å²) in [6.07, 6.45) is 6.21. The molecule has 0 aromatic heterocycles. The maximum atomic E-state index is 11.9. The largest absolute Gasteiger partial charge is 0.370 e. The first-order valence-electron chi connectivity index (χ1n) is 7.75. The van der Waals surface area contributed by atoms with Crippen LogP contribution in [0.4, 0.5) is 0 Å². The van der Waals surface area contributed by atoms with Crippen molar-refractivity contribution in [3.63, 3.8) is 0 Å². The van der Waals surface area contributed by atoms with Crippen molar-refractivity contribution in [3.8, 4) is 0 Å². The standard InChI is InChI=1S/C15H31N3O2S/c1-5-6-7-8-9-10-13(20)17-14(11-12(16)19)21-18-15(2,3)4/h14,18H,5-11H2,1-4H3,(H2,16,19)(H,17,20)/t14-/m0/s1. The van der Waals surface area contributed by atoms with E-state index in [9.17, 15) is 9.59 Å². The van der Waals surface area contributed by atoms with Gasteiger partial charge in [-0.05, 0) is 27.2 Å². The van der Waals surface area contributed by atoms with Crippen molar-refractivity contribution < 1.29 is 9.59 Å². The third-order valence-electron chi connectivity index (χ3n) is 2.72. The molecule has 124 valence electrons. The van der Waals surface area contributed by atoms with Crippen LogP contribution in [0.5, 0.6) is 0 Å². The van der Waals surface area contributed by atoms with Gasteiger partial charge in [0.05, 0.1) is 11.8 Å². The van der Waals surface area contributed by atoms with Crippen LogP contribution in [-0.4, -0.2) is 22.7 Å². The molecule has 0 fully saturated rings. The van der Waals surface area contributed by atoms with Gasteiger partial charge < -0.3 is 11.1 Å². The van der Waals surface area contributed by atoms with Crippen molar-refractivity contribution in [1.29, 1.82) is 0 Å². The van der Waals surface area contributed by atoms with Crippen molar-refractivity contribution in [2.45, 2.75) is 83.6 Å². The number of unbranched alkanes of at least 4 members (excludes halogenated alkanes) is 4. The molecule has 0 aromatic rings. The zero-order chi connectivity index (χ0) is 16.3. The van der Waals surface area contributed by atoms with Gasteiger partial charge in [0, 0.05) is 12.0 Å². The third kappa shape index (κ3) is 14.0. The Hall–Kier alpha value is -0.750. The summed E-state index contributed by atoms with van der Waals surface area (Å²) in [5.74, 6) is -0.424. The lowest BCUT2D eigenvalue weighted by Crippen LogP contribution is -2.40. The predicted octanol–water partition coefficient (Wildman–Crippen LogP) is 2.70. The van der Waals surface area contributed by atoms with Crippen LogP contribution < -0.4 is 15.8 Å². The minimum absolute atomic E-state index is 0.0130. The van der Waals surface area contributed by atoms with E-state index in [0.29, 0.717) is 6.42 Å². The topological polar surface area (TPSA) is 84.2 Å². The summed E-state index contributed by atoms with van der Waals surface area (Å²) >= 11 is 1.35. The van der Waals surface area contributed by atoms with Crippen molar-refractivity contribution in [2.24, 2.45) is 5.73 Å². The fourth-order valence-corrected chi connectivity index (χ4v) is 2.63. The summed E-state index contributed by atoms with van der Waals surface area (Å²) in [5.41, 5.74) is 5.14. The molecule has 0 spiro atoms. The summed E-state index contributed by atoms with van der Waals surface area (Å²) in [4.78, 5) is 23.0. The Morgan fingerprint density at radius 2 is 1.76 bits per heavy atom.